The van der Waals surface area contributed by atoms with Gasteiger partial charge in [0.2, 0.25) is 0 Å². The minimum atomic E-state index is 0. The second-order valence-electron chi connectivity index (χ2n) is 6.47. The van der Waals surface area contributed by atoms with Gasteiger partial charge in [0.05, 0.1) is 6.61 Å². The molecule has 0 spiro atoms. The second kappa shape index (κ2) is 13.7. The average molecular weight is 415 g/mol. The zero-order valence-electron chi connectivity index (χ0n) is 16.7. The maximum Gasteiger partial charge on any atom is 0.161 e. The van der Waals surface area contributed by atoms with Gasteiger partial charge in [-0.15, -0.1) is 24.8 Å². The van der Waals surface area contributed by atoms with Crippen LogP contribution >= 0.6 is 24.8 Å². The van der Waals surface area contributed by atoms with Crippen LogP contribution in [0.1, 0.15) is 23.6 Å². The summed E-state index contributed by atoms with van der Waals surface area (Å²) < 4.78 is 11.7. The van der Waals surface area contributed by atoms with E-state index in [1.165, 1.54) is 11.1 Å². The molecule has 0 saturated heterocycles. The van der Waals surface area contributed by atoms with E-state index in [-0.39, 0.29) is 24.8 Å². The summed E-state index contributed by atoms with van der Waals surface area (Å²) in [5.74, 6) is 1.60. The first-order valence-electron chi connectivity index (χ1n) is 8.88. The van der Waals surface area contributed by atoms with Crippen LogP contribution in [0.15, 0.2) is 42.5 Å². The topological polar surface area (TPSA) is 33.7 Å². The first-order chi connectivity index (χ1) is 12.1. The second-order valence-corrected chi connectivity index (χ2v) is 6.47. The zero-order valence-corrected chi connectivity index (χ0v) is 18.3. The van der Waals surface area contributed by atoms with Crippen LogP contribution in [0.25, 0.3) is 0 Å². The van der Waals surface area contributed by atoms with Gasteiger partial charge in [-0.3, -0.25) is 0 Å². The largest absolute Gasteiger partial charge is 0.490 e. The number of aryl methyl sites for hydroxylation is 1. The number of nitrogens with one attached hydrogen (secondary N) is 1. The van der Waals surface area contributed by atoms with Gasteiger partial charge in [-0.05, 0) is 51.2 Å². The van der Waals surface area contributed by atoms with Crippen LogP contribution in [0, 0.1) is 6.92 Å². The molecule has 2 aromatic carbocycles. The lowest BCUT2D eigenvalue weighted by atomic mass is 10.1. The molecule has 0 atom stereocenters. The summed E-state index contributed by atoms with van der Waals surface area (Å²) in [5, 5.41) is 3.45. The molecule has 0 aromatic heterocycles. The lowest BCUT2D eigenvalue weighted by Crippen LogP contribution is -2.26. The van der Waals surface area contributed by atoms with Crippen molar-refractivity contribution in [2.24, 2.45) is 0 Å². The van der Waals surface area contributed by atoms with Gasteiger partial charge in [-0.2, -0.15) is 0 Å². The van der Waals surface area contributed by atoms with Gasteiger partial charge in [0.1, 0.15) is 6.61 Å². The molecular weight excluding hydrogens is 383 g/mol. The summed E-state index contributed by atoms with van der Waals surface area (Å²) >= 11 is 0. The van der Waals surface area contributed by atoms with Gasteiger partial charge < -0.3 is 19.7 Å². The molecule has 2 aromatic rings. The highest BCUT2D eigenvalue weighted by Gasteiger charge is 2.07. The molecule has 0 unspecified atom stereocenters. The quantitative estimate of drug-likeness (QED) is 0.581. The third kappa shape index (κ3) is 9.34. The lowest BCUT2D eigenvalue weighted by molar-refractivity contribution is 0.269. The number of ether oxygens (including phenoxy) is 2. The molecule has 0 bridgehead atoms. The Morgan fingerprint density at radius 1 is 0.889 bits per heavy atom. The minimum absolute atomic E-state index is 0. The van der Waals surface area contributed by atoms with Crippen molar-refractivity contribution in [3.63, 3.8) is 0 Å². The summed E-state index contributed by atoms with van der Waals surface area (Å²) in [5.41, 5.74) is 3.61. The van der Waals surface area contributed by atoms with Crippen molar-refractivity contribution in [2.75, 3.05) is 33.8 Å². The zero-order chi connectivity index (χ0) is 18.1. The molecule has 2 rings (SSSR count). The molecule has 4 nitrogen and oxygen atoms in total. The number of likely N-dealkylation sites (N-methyl/N-ethyl adjacent to an activating group) is 1. The summed E-state index contributed by atoms with van der Waals surface area (Å²) in [7, 11) is 4.16. The summed E-state index contributed by atoms with van der Waals surface area (Å²) in [4.78, 5) is 2.17. The Balaban J connectivity index is 0.00000338. The van der Waals surface area contributed by atoms with Crippen molar-refractivity contribution in [2.45, 2.75) is 27.0 Å². The van der Waals surface area contributed by atoms with E-state index in [1.807, 2.05) is 13.0 Å². The number of rotatable bonds is 10. The van der Waals surface area contributed by atoms with Crippen molar-refractivity contribution in [3.8, 4) is 11.5 Å². The lowest BCUT2D eigenvalue weighted by Gasteiger charge is -2.14. The van der Waals surface area contributed by atoms with Crippen LogP contribution in [0.3, 0.4) is 0 Å². The Labute approximate surface area is 176 Å². The third-order valence-corrected chi connectivity index (χ3v) is 3.89. The van der Waals surface area contributed by atoms with Gasteiger partial charge in [0, 0.05) is 19.6 Å². The summed E-state index contributed by atoms with van der Waals surface area (Å²) in [6.07, 6.45) is 0. The molecule has 1 N–H and O–H groups in total. The number of benzene rings is 2. The molecule has 6 heteroatoms. The average Bonchev–Trinajstić information content (AvgIpc) is 2.59. The van der Waals surface area contributed by atoms with Crippen molar-refractivity contribution < 1.29 is 9.47 Å². The van der Waals surface area contributed by atoms with Crippen LogP contribution in [0.4, 0.5) is 0 Å². The number of hydrogen-bond acceptors (Lipinski definition) is 4. The van der Waals surface area contributed by atoms with Crippen LogP contribution in [0.5, 0.6) is 11.5 Å². The summed E-state index contributed by atoms with van der Waals surface area (Å²) in [6.45, 7) is 8.05. The van der Waals surface area contributed by atoms with Gasteiger partial charge in [-0.1, -0.05) is 35.9 Å². The van der Waals surface area contributed by atoms with E-state index in [2.05, 4.69) is 67.6 Å². The van der Waals surface area contributed by atoms with Crippen molar-refractivity contribution in [1.29, 1.82) is 0 Å². The van der Waals surface area contributed by atoms with Gasteiger partial charge in [0.25, 0.3) is 0 Å². The molecule has 0 aliphatic heterocycles. The number of halogens is 2. The summed E-state index contributed by atoms with van der Waals surface area (Å²) in [6, 6.07) is 14.6. The fourth-order valence-corrected chi connectivity index (χ4v) is 2.43. The van der Waals surface area contributed by atoms with E-state index >= 15 is 0 Å². The smallest absolute Gasteiger partial charge is 0.161 e. The SMILES string of the molecule is CCOc1cc(CNCCN(C)C)ccc1OCc1ccc(C)cc1.Cl.Cl. The molecule has 0 saturated carbocycles. The standard InChI is InChI=1S/C21H30N2O2.2ClH/c1-5-24-21-14-19(15-22-12-13-23(3)4)10-11-20(21)25-16-18-8-6-17(2)7-9-18;;/h6-11,14,22H,5,12-13,15-16H2,1-4H3;2*1H. The van der Waals surface area contributed by atoms with Crippen LogP contribution in [-0.2, 0) is 13.2 Å². The Morgan fingerprint density at radius 3 is 2.19 bits per heavy atom. The van der Waals surface area contributed by atoms with E-state index in [0.29, 0.717) is 13.2 Å². The molecule has 152 valence electrons. The van der Waals surface area contributed by atoms with Crippen molar-refractivity contribution in [1.82, 2.24) is 10.2 Å². The van der Waals surface area contributed by atoms with Gasteiger partial charge in [-0.25, -0.2) is 0 Å². The monoisotopic (exact) mass is 414 g/mol. The number of nitrogens with zero attached hydrogens (tertiary/aromatic N) is 1. The van der Waals surface area contributed by atoms with Crippen molar-refractivity contribution in [3.05, 3.63) is 59.2 Å². The molecule has 0 amide bonds. The van der Waals surface area contributed by atoms with Crippen LogP contribution < -0.4 is 14.8 Å². The van der Waals surface area contributed by atoms with Crippen LogP contribution in [0.2, 0.25) is 0 Å². The predicted octanol–water partition coefficient (Wildman–Crippen LogP) is 4.47. The molecular formula is C21H32Cl2N2O2. The normalized spacial score (nSPS) is 10.1. The Bertz CT molecular complexity index is 649. The first kappa shape index (κ1) is 25.5. The van der Waals surface area contributed by atoms with Crippen molar-refractivity contribution >= 4 is 24.8 Å². The third-order valence-electron chi connectivity index (χ3n) is 3.89. The Hall–Kier alpha value is -1.46. The highest BCUT2D eigenvalue weighted by atomic mass is 35.5. The molecule has 0 aliphatic carbocycles. The van der Waals surface area contributed by atoms with E-state index in [4.69, 9.17) is 9.47 Å². The fourth-order valence-electron chi connectivity index (χ4n) is 2.43. The van der Waals surface area contributed by atoms with Gasteiger partial charge in [0.15, 0.2) is 11.5 Å². The predicted molar refractivity (Wildman–Crippen MR) is 118 cm³/mol. The van der Waals surface area contributed by atoms with E-state index in [9.17, 15) is 0 Å². The van der Waals surface area contributed by atoms with E-state index < -0.39 is 0 Å². The molecule has 0 radical (unpaired) electrons. The maximum atomic E-state index is 5.98. The highest BCUT2D eigenvalue weighted by molar-refractivity contribution is 5.85. The van der Waals surface area contributed by atoms with Gasteiger partial charge >= 0.3 is 0 Å². The molecule has 0 fully saturated rings. The number of hydrogen-bond donors (Lipinski definition) is 1. The Morgan fingerprint density at radius 2 is 1.56 bits per heavy atom. The van der Waals surface area contributed by atoms with E-state index in [0.717, 1.165) is 36.7 Å². The Kier molecular flexibility index (Phi) is 12.9. The molecule has 27 heavy (non-hydrogen) atoms. The highest BCUT2D eigenvalue weighted by Crippen LogP contribution is 2.29. The molecule has 0 heterocycles. The molecule has 0 aliphatic rings. The first-order valence-corrected chi connectivity index (χ1v) is 8.88. The minimum Gasteiger partial charge on any atom is -0.490 e. The maximum absolute atomic E-state index is 5.98. The fraction of sp³-hybridized carbons (Fsp3) is 0.429. The van der Waals surface area contributed by atoms with E-state index in [1.54, 1.807) is 0 Å². The van der Waals surface area contributed by atoms with Crippen LogP contribution in [-0.4, -0.2) is 38.7 Å².